The second-order valence-corrected chi connectivity index (χ2v) is 10.6. The van der Waals surface area contributed by atoms with E-state index in [1.165, 1.54) is 4.90 Å². The Labute approximate surface area is 208 Å². The van der Waals surface area contributed by atoms with Crippen molar-refractivity contribution >= 4 is 23.9 Å². The van der Waals surface area contributed by atoms with E-state index in [1.54, 1.807) is 27.7 Å². The predicted octanol–water partition coefficient (Wildman–Crippen LogP) is 1.80. The number of hydrogen-bond donors (Lipinski definition) is 3. The van der Waals surface area contributed by atoms with E-state index in [2.05, 4.69) is 10.6 Å². The fourth-order valence-corrected chi connectivity index (χ4v) is 4.76. The van der Waals surface area contributed by atoms with Crippen LogP contribution in [0, 0.1) is 5.92 Å². The number of ether oxygens (including phenoxy) is 2. The lowest BCUT2D eigenvalue weighted by atomic mass is 10.0. The molecule has 196 valence electrons. The lowest BCUT2D eigenvalue weighted by Gasteiger charge is -2.30. The molecular weight excluding hydrogens is 454 g/mol. The second kappa shape index (κ2) is 11.0. The van der Waals surface area contributed by atoms with Gasteiger partial charge in [-0.3, -0.25) is 9.59 Å². The van der Waals surface area contributed by atoms with Crippen molar-refractivity contribution in [3.8, 4) is 0 Å². The van der Waals surface area contributed by atoms with Gasteiger partial charge in [-0.15, -0.1) is 0 Å². The number of carbonyl (C=O) groups is 4. The van der Waals surface area contributed by atoms with Gasteiger partial charge in [0.25, 0.3) is 0 Å². The molecule has 3 rings (SSSR count). The van der Waals surface area contributed by atoms with Gasteiger partial charge in [-0.05, 0) is 53.4 Å². The van der Waals surface area contributed by atoms with Gasteiger partial charge in [-0.2, -0.15) is 0 Å². The molecule has 1 aliphatic carbocycles. The zero-order chi connectivity index (χ0) is 26.5. The van der Waals surface area contributed by atoms with Gasteiger partial charge < -0.3 is 30.1 Å². The zero-order valence-electron chi connectivity index (χ0n) is 22.1. The number of allylic oxidation sites excluding steroid dienone is 1. The number of aliphatic hydroxyl groups excluding tert-OH is 1. The molecule has 0 aromatic carbocycles. The Hall–Kier alpha value is -2.62. The molecule has 1 saturated heterocycles. The maximum Gasteiger partial charge on any atom is 0.408 e. The summed E-state index contributed by atoms with van der Waals surface area (Å²) in [6.45, 7) is 7.14. The maximum absolute atomic E-state index is 13.6. The number of carbonyl (C=O) groups excluding carboxylic acids is 4. The number of alkyl carbamates (subject to hydrolysis) is 1. The lowest BCUT2D eigenvalue weighted by Crippen LogP contribution is -2.56. The number of nitrogens with zero attached hydrogens (tertiary/aromatic N) is 1. The summed E-state index contributed by atoms with van der Waals surface area (Å²) in [6, 6.07) is -1.84. The minimum Gasteiger partial charge on any atom is -0.464 e. The maximum atomic E-state index is 13.6. The summed E-state index contributed by atoms with van der Waals surface area (Å²) in [4.78, 5) is 53.7. The van der Waals surface area contributed by atoms with Gasteiger partial charge in [-0.1, -0.05) is 25.0 Å². The van der Waals surface area contributed by atoms with E-state index in [0.717, 1.165) is 19.3 Å². The molecule has 10 heteroatoms. The third kappa shape index (κ3) is 6.74. The van der Waals surface area contributed by atoms with Crippen molar-refractivity contribution in [3.63, 3.8) is 0 Å². The number of nitrogens with one attached hydrogen (secondary N) is 2. The highest BCUT2D eigenvalue weighted by Crippen LogP contribution is 2.46. The number of fused-ring (bicyclic) bond motifs is 2. The van der Waals surface area contributed by atoms with Crippen LogP contribution >= 0.6 is 0 Å². The van der Waals surface area contributed by atoms with Gasteiger partial charge in [0.05, 0.1) is 12.7 Å². The largest absolute Gasteiger partial charge is 0.464 e. The van der Waals surface area contributed by atoms with Crippen molar-refractivity contribution in [2.45, 2.75) is 102 Å². The number of amides is 3. The first-order valence-electron chi connectivity index (χ1n) is 13.0. The molecule has 10 nitrogen and oxygen atoms in total. The Morgan fingerprint density at radius 2 is 2.09 bits per heavy atom. The highest BCUT2D eigenvalue weighted by molar-refractivity contribution is 5.96. The Morgan fingerprint density at radius 3 is 2.77 bits per heavy atom. The van der Waals surface area contributed by atoms with E-state index < -0.39 is 53.2 Å². The SMILES string of the molecule is [3H]O[C@@H]1C[C@H]2C(=O)N[C@]3(C(=O)OCC)C[C@H]3C=CCCCCC[C@H](NC(=O)OC(C)(C)C)C(=O)N2C1. The van der Waals surface area contributed by atoms with E-state index in [-0.39, 0.29) is 25.5 Å². The third-order valence-corrected chi connectivity index (χ3v) is 6.57. The first-order chi connectivity index (χ1) is 17.0. The molecule has 3 amide bonds. The summed E-state index contributed by atoms with van der Waals surface area (Å²) in [7, 11) is 0. The number of aliphatic hydroxyl groups is 1. The minimum absolute atomic E-state index is 0.0304. The van der Waals surface area contributed by atoms with E-state index in [1.807, 2.05) is 12.2 Å². The van der Waals surface area contributed by atoms with Crippen molar-refractivity contribution in [1.82, 2.24) is 15.5 Å². The van der Waals surface area contributed by atoms with Gasteiger partial charge >= 0.3 is 12.1 Å². The van der Waals surface area contributed by atoms with Crippen LogP contribution in [0.4, 0.5) is 4.79 Å². The summed E-state index contributed by atoms with van der Waals surface area (Å²) in [6.07, 6.45) is 6.74. The fraction of sp³-hybridized carbons (Fsp3) is 0.760. The molecule has 2 heterocycles. The molecule has 0 radical (unpaired) electrons. The first-order valence-corrected chi connectivity index (χ1v) is 12.6. The topological polar surface area (TPSA) is 134 Å². The summed E-state index contributed by atoms with van der Waals surface area (Å²) >= 11 is 0. The fourth-order valence-electron chi connectivity index (χ4n) is 4.76. The van der Waals surface area contributed by atoms with Gasteiger partial charge in [-0.25, -0.2) is 9.59 Å². The zero-order valence-corrected chi connectivity index (χ0v) is 21.1. The van der Waals surface area contributed by atoms with E-state index >= 15 is 0 Å². The standard InChI is InChI=1S/C25H39N3O7/c1-5-34-22(32)25-14-16(25)11-9-7-6-8-10-12-18(26-23(33)35-24(2,3)4)21(31)28-15-17(29)13-19(28)20(30)27-25/h9,11,16-19,29H,5-8,10,12-15H2,1-4H3,(H,26,33)(H,27,30)/t16-,17-,18+,19+,25-/m1/s1/i29T. The monoisotopic (exact) mass is 495 g/mol. The van der Waals surface area contributed by atoms with Crippen molar-refractivity contribution in [3.05, 3.63) is 12.2 Å². The summed E-state index contributed by atoms with van der Waals surface area (Å²) < 4.78 is 18.0. The van der Waals surface area contributed by atoms with Crippen LogP contribution < -0.4 is 10.6 Å². The first kappa shape index (κ1) is 25.5. The second-order valence-electron chi connectivity index (χ2n) is 10.6. The quantitative estimate of drug-likeness (QED) is 0.400. The van der Waals surface area contributed by atoms with E-state index in [4.69, 9.17) is 16.0 Å². The number of esters is 1. The molecule has 0 bridgehead atoms. The molecule has 0 aromatic rings. The van der Waals surface area contributed by atoms with Gasteiger partial charge in [0.2, 0.25) is 13.2 Å². The van der Waals surface area contributed by atoms with Crippen LogP contribution in [-0.2, 0) is 23.9 Å². The Bertz CT molecular complexity index is 874. The molecule has 1 saturated carbocycles. The molecule has 3 N–H and O–H groups in total. The van der Waals surface area contributed by atoms with Crippen molar-refractivity contribution in [2.24, 2.45) is 5.92 Å². The average molecular weight is 496 g/mol. The molecule has 0 spiro atoms. The van der Waals surface area contributed by atoms with Crippen molar-refractivity contribution in [2.75, 3.05) is 13.2 Å². The van der Waals surface area contributed by atoms with Gasteiger partial charge in [0.1, 0.15) is 23.2 Å². The van der Waals surface area contributed by atoms with Crippen LogP contribution in [0.3, 0.4) is 0 Å². The number of hydrogen-bond acceptors (Lipinski definition) is 7. The molecule has 5 atom stereocenters. The average Bonchev–Trinajstić information content (AvgIpc) is 3.31. The summed E-state index contributed by atoms with van der Waals surface area (Å²) in [5.74, 6) is -1.62. The molecule has 0 aromatic heterocycles. The minimum atomic E-state index is -1.16. The lowest BCUT2D eigenvalue weighted by molar-refractivity contribution is -0.150. The van der Waals surface area contributed by atoms with Crippen LogP contribution in [0.5, 0.6) is 0 Å². The van der Waals surface area contributed by atoms with Crippen LogP contribution in [-0.4, -0.2) is 77.8 Å². The molecule has 3 aliphatic rings. The van der Waals surface area contributed by atoms with Crippen molar-refractivity contribution in [1.29, 1.82) is 1.43 Å². The highest BCUT2D eigenvalue weighted by Gasteiger charge is 2.62. The Kier molecular flexibility index (Phi) is 7.98. The molecule has 35 heavy (non-hydrogen) atoms. The van der Waals surface area contributed by atoms with Crippen LogP contribution in [0.25, 0.3) is 0 Å². The summed E-state index contributed by atoms with van der Waals surface area (Å²) in [5, 5.41) is 10.3. The van der Waals surface area contributed by atoms with E-state index in [0.29, 0.717) is 19.3 Å². The Balaban J connectivity index is 1.86. The van der Waals surface area contributed by atoms with E-state index in [9.17, 15) is 19.2 Å². The van der Waals surface area contributed by atoms with Crippen molar-refractivity contribution < 1.29 is 33.8 Å². The smallest absolute Gasteiger partial charge is 0.408 e. The molecule has 2 fully saturated rings. The normalized spacial score (nSPS) is 32.2. The highest BCUT2D eigenvalue weighted by atomic mass is 16.6. The molecular formula is C25H39N3O7. The third-order valence-electron chi connectivity index (χ3n) is 6.57. The van der Waals surface area contributed by atoms with Crippen LogP contribution in [0.1, 0.15) is 72.6 Å². The molecule has 0 unspecified atom stereocenters. The number of rotatable bonds is 4. The van der Waals surface area contributed by atoms with Gasteiger partial charge in [0.15, 0.2) is 0 Å². The predicted molar refractivity (Wildman–Crippen MR) is 127 cm³/mol. The molecule has 2 aliphatic heterocycles. The van der Waals surface area contributed by atoms with Crippen LogP contribution in [0.15, 0.2) is 12.2 Å². The summed E-state index contributed by atoms with van der Waals surface area (Å²) in [5.41, 5.74) is -1.89. The van der Waals surface area contributed by atoms with Gasteiger partial charge in [0, 0.05) is 18.9 Å². The Morgan fingerprint density at radius 1 is 1.31 bits per heavy atom. The van der Waals surface area contributed by atoms with Crippen LogP contribution in [0.2, 0.25) is 0 Å².